The zero-order chi connectivity index (χ0) is 14.5. The van der Waals surface area contributed by atoms with Gasteiger partial charge in [-0.3, -0.25) is 4.57 Å². The molecule has 108 valence electrons. The maximum Gasteiger partial charge on any atom is 0.416 e. The van der Waals surface area contributed by atoms with Crippen LogP contribution in [0.2, 0.25) is 0 Å². The molecular formula is C13H14F3N3O. The van der Waals surface area contributed by atoms with Gasteiger partial charge in [-0.05, 0) is 38.2 Å². The molecule has 1 N–H and O–H groups in total. The number of likely N-dealkylation sites (N-methyl/N-ethyl adjacent to an activating group) is 1. The Bertz CT molecular complexity index is 701. The number of nitrogens with one attached hydrogen (secondary N) is 1. The van der Waals surface area contributed by atoms with Crippen LogP contribution in [0.4, 0.5) is 13.2 Å². The average Bonchev–Trinajstić information content (AvgIpc) is 2.89. The Morgan fingerprint density at radius 3 is 2.70 bits per heavy atom. The number of H-pyrrole nitrogens is 1. The van der Waals surface area contributed by atoms with Crippen molar-refractivity contribution in [2.45, 2.75) is 18.6 Å². The van der Waals surface area contributed by atoms with Crippen LogP contribution >= 0.6 is 0 Å². The number of fused-ring (bicyclic) bond motifs is 1. The minimum Gasteiger partial charge on any atom is -0.306 e. The summed E-state index contributed by atoms with van der Waals surface area (Å²) >= 11 is 0. The Morgan fingerprint density at radius 1 is 1.35 bits per heavy atom. The summed E-state index contributed by atoms with van der Waals surface area (Å²) in [6.45, 7) is 1.51. The number of likely N-dealkylation sites (tertiary alicyclic amines) is 1. The number of aromatic nitrogens is 2. The monoisotopic (exact) mass is 285 g/mol. The highest BCUT2D eigenvalue weighted by atomic mass is 19.4. The quantitative estimate of drug-likeness (QED) is 0.873. The summed E-state index contributed by atoms with van der Waals surface area (Å²) in [5.41, 5.74) is -0.314. The van der Waals surface area contributed by atoms with Gasteiger partial charge >= 0.3 is 11.9 Å². The molecule has 3 rings (SSSR count). The number of imidazole rings is 1. The Balaban J connectivity index is 2.16. The summed E-state index contributed by atoms with van der Waals surface area (Å²) < 4.78 is 39.8. The van der Waals surface area contributed by atoms with Crippen molar-refractivity contribution >= 4 is 11.0 Å². The van der Waals surface area contributed by atoms with Crippen LogP contribution in [-0.4, -0.2) is 34.6 Å². The Hall–Kier alpha value is -1.76. The molecule has 4 nitrogen and oxygen atoms in total. The summed E-state index contributed by atoms with van der Waals surface area (Å²) in [4.78, 5) is 16.7. The van der Waals surface area contributed by atoms with Crippen molar-refractivity contribution in [3.63, 3.8) is 0 Å². The Labute approximate surface area is 112 Å². The summed E-state index contributed by atoms with van der Waals surface area (Å²) in [5, 5.41) is 0. The fourth-order valence-electron chi connectivity index (χ4n) is 2.78. The molecule has 2 aromatic rings. The number of hydrogen-bond donors (Lipinski definition) is 1. The van der Waals surface area contributed by atoms with Crippen molar-refractivity contribution in [2.75, 3.05) is 20.1 Å². The van der Waals surface area contributed by atoms with Gasteiger partial charge in [-0.25, -0.2) is 4.79 Å². The maximum absolute atomic E-state index is 12.8. The zero-order valence-electron chi connectivity index (χ0n) is 10.9. The summed E-state index contributed by atoms with van der Waals surface area (Å²) in [6, 6.07) is 3.27. The summed E-state index contributed by atoms with van der Waals surface area (Å²) in [6.07, 6.45) is -3.64. The van der Waals surface area contributed by atoms with Crippen molar-refractivity contribution < 1.29 is 13.2 Å². The molecule has 1 atom stereocenters. The lowest BCUT2D eigenvalue weighted by atomic mass is 10.1. The second-order valence-corrected chi connectivity index (χ2v) is 5.23. The summed E-state index contributed by atoms with van der Waals surface area (Å²) in [7, 11) is 1.93. The van der Waals surface area contributed by atoms with Gasteiger partial charge in [0.15, 0.2) is 0 Å². The molecule has 1 aromatic heterocycles. The third-order valence-electron chi connectivity index (χ3n) is 3.78. The van der Waals surface area contributed by atoms with Crippen LogP contribution in [0, 0.1) is 0 Å². The van der Waals surface area contributed by atoms with Gasteiger partial charge in [0.1, 0.15) is 0 Å². The highest BCUT2D eigenvalue weighted by molar-refractivity contribution is 5.76. The molecule has 1 saturated heterocycles. The maximum atomic E-state index is 12.8. The van der Waals surface area contributed by atoms with E-state index in [4.69, 9.17) is 0 Å². The van der Waals surface area contributed by atoms with E-state index >= 15 is 0 Å². The van der Waals surface area contributed by atoms with Crippen LogP contribution in [-0.2, 0) is 6.18 Å². The van der Waals surface area contributed by atoms with E-state index in [1.807, 2.05) is 7.05 Å². The molecule has 7 heteroatoms. The van der Waals surface area contributed by atoms with Crippen molar-refractivity contribution in [3.05, 3.63) is 34.2 Å². The first kappa shape index (κ1) is 13.2. The van der Waals surface area contributed by atoms with E-state index in [2.05, 4.69) is 9.88 Å². The van der Waals surface area contributed by atoms with Gasteiger partial charge in [0.05, 0.1) is 22.6 Å². The molecule has 20 heavy (non-hydrogen) atoms. The average molecular weight is 285 g/mol. The smallest absolute Gasteiger partial charge is 0.306 e. The zero-order valence-corrected chi connectivity index (χ0v) is 10.9. The van der Waals surface area contributed by atoms with Crippen molar-refractivity contribution in [2.24, 2.45) is 0 Å². The molecular weight excluding hydrogens is 271 g/mol. The Kier molecular flexibility index (Phi) is 2.89. The molecule has 0 radical (unpaired) electrons. The fourth-order valence-corrected chi connectivity index (χ4v) is 2.78. The lowest BCUT2D eigenvalue weighted by molar-refractivity contribution is -0.137. The third-order valence-corrected chi connectivity index (χ3v) is 3.78. The topological polar surface area (TPSA) is 41.0 Å². The molecule has 0 saturated carbocycles. The van der Waals surface area contributed by atoms with Crippen LogP contribution in [0.3, 0.4) is 0 Å². The molecule has 2 heterocycles. The molecule has 1 aromatic carbocycles. The highest BCUT2D eigenvalue weighted by Crippen LogP contribution is 2.32. The standard InChI is InChI=1S/C13H14F3N3O/c1-18-5-4-9(7-18)19-11-6-8(13(14,15)16)2-3-10(11)17-12(19)20/h2-3,6,9H,4-5,7H2,1H3,(H,17,20). The first-order valence-electron chi connectivity index (χ1n) is 6.36. The second kappa shape index (κ2) is 4.37. The van der Waals surface area contributed by atoms with E-state index < -0.39 is 11.7 Å². The predicted molar refractivity (Wildman–Crippen MR) is 68.7 cm³/mol. The molecule has 0 amide bonds. The molecule has 0 spiro atoms. The van der Waals surface area contributed by atoms with Gasteiger partial charge in [-0.2, -0.15) is 13.2 Å². The second-order valence-electron chi connectivity index (χ2n) is 5.23. The number of nitrogens with zero attached hydrogens (tertiary/aromatic N) is 2. The minimum atomic E-state index is -4.40. The van der Waals surface area contributed by atoms with Crippen LogP contribution in [0.25, 0.3) is 11.0 Å². The van der Waals surface area contributed by atoms with Crippen molar-refractivity contribution in [3.8, 4) is 0 Å². The minimum absolute atomic E-state index is 0.0790. The van der Waals surface area contributed by atoms with E-state index in [0.717, 1.165) is 25.1 Å². The number of rotatable bonds is 1. The lowest BCUT2D eigenvalue weighted by Gasteiger charge is -2.13. The normalized spacial score (nSPS) is 20.9. The molecule has 1 aliphatic rings. The number of aromatic amines is 1. The fraction of sp³-hybridized carbons (Fsp3) is 0.462. The van der Waals surface area contributed by atoms with Gasteiger partial charge in [-0.1, -0.05) is 0 Å². The van der Waals surface area contributed by atoms with E-state index in [1.54, 1.807) is 0 Å². The molecule has 1 unspecified atom stereocenters. The van der Waals surface area contributed by atoms with Gasteiger partial charge in [-0.15, -0.1) is 0 Å². The van der Waals surface area contributed by atoms with Crippen LogP contribution in [0.15, 0.2) is 23.0 Å². The van der Waals surface area contributed by atoms with E-state index in [1.165, 1.54) is 10.6 Å². The van der Waals surface area contributed by atoms with Crippen LogP contribution in [0.5, 0.6) is 0 Å². The Morgan fingerprint density at radius 2 is 2.10 bits per heavy atom. The number of alkyl halides is 3. The van der Waals surface area contributed by atoms with Gasteiger partial charge < -0.3 is 9.88 Å². The number of hydrogen-bond acceptors (Lipinski definition) is 2. The first-order valence-corrected chi connectivity index (χ1v) is 6.36. The van der Waals surface area contributed by atoms with Crippen LogP contribution < -0.4 is 5.69 Å². The largest absolute Gasteiger partial charge is 0.416 e. The summed E-state index contributed by atoms with van der Waals surface area (Å²) in [5.74, 6) is 0. The van der Waals surface area contributed by atoms with E-state index in [-0.39, 0.29) is 11.7 Å². The number of halogens is 3. The predicted octanol–water partition coefficient (Wildman–Crippen LogP) is 2.22. The van der Waals surface area contributed by atoms with Crippen molar-refractivity contribution in [1.82, 2.24) is 14.5 Å². The van der Waals surface area contributed by atoms with Crippen LogP contribution in [0.1, 0.15) is 18.0 Å². The first-order chi connectivity index (χ1) is 9.36. The lowest BCUT2D eigenvalue weighted by Crippen LogP contribution is -2.24. The molecule has 0 aliphatic carbocycles. The molecule has 1 aliphatic heterocycles. The van der Waals surface area contributed by atoms with Gasteiger partial charge in [0, 0.05) is 6.54 Å². The highest BCUT2D eigenvalue weighted by Gasteiger charge is 2.32. The van der Waals surface area contributed by atoms with Gasteiger partial charge in [0.2, 0.25) is 0 Å². The van der Waals surface area contributed by atoms with Crippen molar-refractivity contribution in [1.29, 1.82) is 0 Å². The SMILES string of the molecule is CN1CCC(n2c(=O)[nH]c3ccc(C(F)(F)F)cc32)C1. The van der Waals surface area contributed by atoms with E-state index in [0.29, 0.717) is 17.6 Å². The van der Waals surface area contributed by atoms with E-state index in [9.17, 15) is 18.0 Å². The van der Waals surface area contributed by atoms with Gasteiger partial charge in [0.25, 0.3) is 0 Å². The number of benzene rings is 1. The third kappa shape index (κ3) is 2.11. The molecule has 1 fully saturated rings. The molecule has 0 bridgehead atoms.